The van der Waals surface area contributed by atoms with E-state index in [9.17, 15) is 0 Å². The summed E-state index contributed by atoms with van der Waals surface area (Å²) in [5, 5.41) is 3.12. The Kier molecular flexibility index (Phi) is 6.12. The van der Waals surface area contributed by atoms with Crippen LogP contribution in [0.5, 0.6) is 11.5 Å². The van der Waals surface area contributed by atoms with Crippen molar-refractivity contribution in [3.63, 3.8) is 0 Å². The van der Waals surface area contributed by atoms with E-state index in [0.29, 0.717) is 19.0 Å². The minimum atomic E-state index is 0.425. The molecule has 130 valence electrons. The van der Waals surface area contributed by atoms with Gasteiger partial charge >= 0.3 is 0 Å². The second kappa shape index (κ2) is 8.29. The van der Waals surface area contributed by atoms with Gasteiger partial charge in [-0.25, -0.2) is 4.99 Å². The van der Waals surface area contributed by atoms with Gasteiger partial charge in [-0.15, -0.1) is 0 Å². The molecule has 0 amide bonds. The van der Waals surface area contributed by atoms with Crippen LogP contribution >= 0.6 is 0 Å². The van der Waals surface area contributed by atoms with Crippen LogP contribution in [0.3, 0.4) is 0 Å². The van der Waals surface area contributed by atoms with E-state index in [1.807, 2.05) is 38.1 Å². The molecule has 0 aliphatic carbocycles. The van der Waals surface area contributed by atoms with Crippen LogP contribution in [0.25, 0.3) is 0 Å². The molecular formula is C18H25N3O3. The number of aliphatic imine (C=N–C) groups is 1. The molecule has 3 N–H and O–H groups in total. The summed E-state index contributed by atoms with van der Waals surface area (Å²) in [6.45, 7) is 5.05. The number of nitrogens with two attached hydrogens (primary N) is 1. The molecule has 2 aromatic rings. The number of rotatable bonds is 7. The van der Waals surface area contributed by atoms with Crippen LogP contribution in [0.2, 0.25) is 0 Å². The van der Waals surface area contributed by atoms with E-state index in [1.165, 1.54) is 0 Å². The summed E-state index contributed by atoms with van der Waals surface area (Å²) < 4.78 is 16.0. The van der Waals surface area contributed by atoms with Crippen molar-refractivity contribution >= 4 is 5.96 Å². The van der Waals surface area contributed by atoms with Gasteiger partial charge in [0.2, 0.25) is 0 Å². The zero-order valence-corrected chi connectivity index (χ0v) is 14.7. The van der Waals surface area contributed by atoms with Crippen LogP contribution < -0.4 is 20.5 Å². The third-order valence-corrected chi connectivity index (χ3v) is 3.73. The topological polar surface area (TPSA) is 82.0 Å². The molecule has 0 fully saturated rings. The molecule has 1 aromatic carbocycles. The monoisotopic (exact) mass is 331 g/mol. The van der Waals surface area contributed by atoms with Crippen molar-refractivity contribution in [1.82, 2.24) is 5.32 Å². The van der Waals surface area contributed by atoms with E-state index in [4.69, 9.17) is 19.6 Å². The molecule has 0 aliphatic heterocycles. The van der Waals surface area contributed by atoms with Crippen LogP contribution in [-0.4, -0.2) is 26.7 Å². The lowest BCUT2D eigenvalue weighted by Crippen LogP contribution is -2.33. The third-order valence-electron chi connectivity index (χ3n) is 3.73. The number of benzene rings is 1. The van der Waals surface area contributed by atoms with Crippen LogP contribution in [-0.2, 0) is 13.0 Å². The molecule has 0 saturated heterocycles. The standard InChI is InChI=1S/C18H25N3O3/c1-12-9-15(13(2)24-12)11-21-18(19)20-8-7-14-5-6-16(22-3)17(10-14)23-4/h5-6,9-10H,7-8,11H2,1-4H3,(H3,19,20,21). The van der Waals surface area contributed by atoms with Crippen molar-refractivity contribution < 1.29 is 13.9 Å². The Balaban J connectivity index is 1.85. The highest BCUT2D eigenvalue weighted by Crippen LogP contribution is 2.27. The Morgan fingerprint density at radius 2 is 1.92 bits per heavy atom. The fourth-order valence-electron chi connectivity index (χ4n) is 2.44. The summed E-state index contributed by atoms with van der Waals surface area (Å²) >= 11 is 0. The number of guanidine groups is 1. The Morgan fingerprint density at radius 1 is 1.17 bits per heavy atom. The summed E-state index contributed by atoms with van der Waals surface area (Å²) in [6, 6.07) is 7.85. The minimum Gasteiger partial charge on any atom is -0.493 e. The first-order valence-electron chi connectivity index (χ1n) is 7.84. The molecule has 0 unspecified atom stereocenters. The van der Waals surface area contributed by atoms with Crippen molar-refractivity contribution in [3.05, 3.63) is 46.9 Å². The van der Waals surface area contributed by atoms with E-state index >= 15 is 0 Å². The Labute approximate surface area is 142 Å². The predicted octanol–water partition coefficient (Wildman–Crippen LogP) is 2.56. The molecule has 0 atom stereocenters. The molecule has 0 saturated carbocycles. The summed E-state index contributed by atoms with van der Waals surface area (Å²) in [4.78, 5) is 4.34. The van der Waals surface area contributed by atoms with Gasteiger partial charge < -0.3 is 24.9 Å². The molecular weight excluding hydrogens is 306 g/mol. The zero-order chi connectivity index (χ0) is 17.5. The molecule has 2 rings (SSSR count). The second-order valence-corrected chi connectivity index (χ2v) is 5.51. The van der Waals surface area contributed by atoms with Crippen molar-refractivity contribution in [2.24, 2.45) is 10.7 Å². The van der Waals surface area contributed by atoms with Gasteiger partial charge in [-0.05, 0) is 44.0 Å². The summed E-state index contributed by atoms with van der Waals surface area (Å²) in [5.74, 6) is 3.64. The Bertz CT molecular complexity index is 708. The van der Waals surface area contributed by atoms with E-state index in [1.54, 1.807) is 14.2 Å². The highest BCUT2D eigenvalue weighted by molar-refractivity contribution is 5.77. The maximum Gasteiger partial charge on any atom is 0.188 e. The number of methoxy groups -OCH3 is 2. The van der Waals surface area contributed by atoms with Gasteiger partial charge in [0.15, 0.2) is 17.5 Å². The quantitative estimate of drug-likeness (QED) is 0.602. The molecule has 0 bridgehead atoms. The second-order valence-electron chi connectivity index (χ2n) is 5.51. The number of hydrogen-bond acceptors (Lipinski definition) is 4. The smallest absolute Gasteiger partial charge is 0.188 e. The van der Waals surface area contributed by atoms with E-state index in [-0.39, 0.29) is 0 Å². The Morgan fingerprint density at radius 3 is 2.54 bits per heavy atom. The molecule has 1 heterocycles. The first-order valence-corrected chi connectivity index (χ1v) is 7.84. The highest BCUT2D eigenvalue weighted by Gasteiger charge is 2.05. The van der Waals surface area contributed by atoms with Crippen LogP contribution in [0.15, 0.2) is 33.7 Å². The van der Waals surface area contributed by atoms with Gasteiger partial charge in [0.25, 0.3) is 0 Å². The van der Waals surface area contributed by atoms with Crippen molar-refractivity contribution in [2.45, 2.75) is 26.8 Å². The van der Waals surface area contributed by atoms with Crippen LogP contribution in [0, 0.1) is 13.8 Å². The maximum absolute atomic E-state index is 5.91. The van der Waals surface area contributed by atoms with Crippen LogP contribution in [0.1, 0.15) is 22.6 Å². The number of hydrogen-bond donors (Lipinski definition) is 2. The minimum absolute atomic E-state index is 0.425. The van der Waals surface area contributed by atoms with Gasteiger partial charge in [-0.3, -0.25) is 0 Å². The van der Waals surface area contributed by atoms with Gasteiger partial charge in [0.1, 0.15) is 11.5 Å². The van der Waals surface area contributed by atoms with Crippen molar-refractivity contribution in [3.8, 4) is 11.5 Å². The summed E-state index contributed by atoms with van der Waals surface area (Å²) in [6.07, 6.45) is 0.806. The average Bonchev–Trinajstić information content (AvgIpc) is 2.90. The van der Waals surface area contributed by atoms with Crippen LogP contribution in [0.4, 0.5) is 0 Å². The van der Waals surface area contributed by atoms with Gasteiger partial charge in [-0.1, -0.05) is 6.07 Å². The van der Waals surface area contributed by atoms with Gasteiger partial charge in [0, 0.05) is 12.1 Å². The largest absolute Gasteiger partial charge is 0.493 e. The highest BCUT2D eigenvalue weighted by atomic mass is 16.5. The molecule has 1 aromatic heterocycles. The number of ether oxygens (including phenoxy) is 2. The molecule has 6 nitrogen and oxygen atoms in total. The number of nitrogens with zero attached hydrogens (tertiary/aromatic N) is 1. The Hall–Kier alpha value is -2.63. The van der Waals surface area contributed by atoms with E-state index in [2.05, 4.69) is 10.3 Å². The maximum atomic E-state index is 5.91. The number of furan rings is 1. The SMILES string of the molecule is COc1ccc(CCNC(N)=NCc2cc(C)oc2C)cc1OC. The summed E-state index contributed by atoms with van der Waals surface area (Å²) in [7, 11) is 3.25. The molecule has 0 spiro atoms. The van der Waals surface area contributed by atoms with Gasteiger partial charge in [0.05, 0.1) is 20.8 Å². The lowest BCUT2D eigenvalue weighted by molar-refractivity contribution is 0.354. The molecule has 24 heavy (non-hydrogen) atoms. The first kappa shape index (κ1) is 17.7. The average molecular weight is 331 g/mol. The predicted molar refractivity (Wildman–Crippen MR) is 94.8 cm³/mol. The normalized spacial score (nSPS) is 11.4. The fraction of sp³-hybridized carbons (Fsp3) is 0.389. The third kappa shape index (κ3) is 4.68. The van der Waals surface area contributed by atoms with E-state index in [0.717, 1.165) is 40.6 Å². The van der Waals surface area contributed by atoms with Crippen molar-refractivity contribution in [1.29, 1.82) is 0 Å². The van der Waals surface area contributed by atoms with Crippen molar-refractivity contribution in [2.75, 3.05) is 20.8 Å². The lowest BCUT2D eigenvalue weighted by Gasteiger charge is -2.10. The fourth-order valence-corrected chi connectivity index (χ4v) is 2.44. The number of aryl methyl sites for hydroxylation is 2. The zero-order valence-electron chi connectivity index (χ0n) is 14.7. The molecule has 0 radical (unpaired) electrons. The molecule has 0 aliphatic rings. The molecule has 6 heteroatoms. The lowest BCUT2D eigenvalue weighted by atomic mass is 10.1. The van der Waals surface area contributed by atoms with E-state index < -0.39 is 0 Å². The van der Waals surface area contributed by atoms with Gasteiger partial charge in [-0.2, -0.15) is 0 Å². The summed E-state index contributed by atoms with van der Waals surface area (Å²) in [5.41, 5.74) is 8.09. The number of nitrogens with one attached hydrogen (secondary N) is 1. The first-order chi connectivity index (χ1) is 11.5.